The Hall–Kier alpha value is -1.65. The third-order valence-electron chi connectivity index (χ3n) is 3.80. The SMILES string of the molecule is O=[SH](=O)NCc1c(Cl)ccc(C2=C(O)c3ncccc3CS2(=O)=O)c1Cl. The zero-order chi connectivity index (χ0) is 19.1. The van der Waals surface area contributed by atoms with Crippen LogP contribution in [0, 0.1) is 0 Å². The normalized spacial score (nSPS) is 16.0. The first-order valence-electron chi connectivity index (χ1n) is 7.17. The fourth-order valence-electron chi connectivity index (χ4n) is 2.67. The van der Waals surface area contributed by atoms with E-state index < -0.39 is 26.5 Å². The molecule has 2 N–H and O–H groups in total. The van der Waals surface area contributed by atoms with Crippen LogP contribution in [0.3, 0.4) is 0 Å². The van der Waals surface area contributed by atoms with Gasteiger partial charge in [0, 0.05) is 28.9 Å². The van der Waals surface area contributed by atoms with Crippen molar-refractivity contribution in [1.29, 1.82) is 0 Å². The number of nitrogens with one attached hydrogen (secondary N) is 1. The Labute approximate surface area is 161 Å². The summed E-state index contributed by atoms with van der Waals surface area (Å²) in [6, 6.07) is 5.90. The topological polar surface area (TPSA) is 113 Å². The number of aromatic nitrogens is 1. The van der Waals surface area contributed by atoms with E-state index in [9.17, 15) is 21.9 Å². The van der Waals surface area contributed by atoms with E-state index in [-0.39, 0.29) is 44.1 Å². The second-order valence-electron chi connectivity index (χ2n) is 5.43. The van der Waals surface area contributed by atoms with E-state index in [0.29, 0.717) is 5.56 Å². The largest absolute Gasteiger partial charge is 0.504 e. The average molecular weight is 435 g/mol. The van der Waals surface area contributed by atoms with Gasteiger partial charge in [-0.15, -0.1) is 0 Å². The number of halogens is 2. The Morgan fingerprint density at radius 3 is 2.65 bits per heavy atom. The molecule has 138 valence electrons. The quantitative estimate of drug-likeness (QED) is 0.636. The summed E-state index contributed by atoms with van der Waals surface area (Å²) in [7, 11) is -6.79. The maximum absolute atomic E-state index is 12.7. The van der Waals surface area contributed by atoms with Crippen molar-refractivity contribution in [3.8, 4) is 0 Å². The van der Waals surface area contributed by atoms with Gasteiger partial charge in [-0.3, -0.25) is 4.98 Å². The molecule has 0 atom stereocenters. The van der Waals surface area contributed by atoms with Gasteiger partial charge in [0.15, 0.2) is 15.6 Å². The number of aliphatic hydroxyl groups is 1. The minimum atomic E-state index is -3.90. The van der Waals surface area contributed by atoms with Gasteiger partial charge < -0.3 is 5.11 Å². The van der Waals surface area contributed by atoms with Crippen molar-refractivity contribution in [3.05, 3.63) is 62.9 Å². The van der Waals surface area contributed by atoms with Crippen LogP contribution in [-0.4, -0.2) is 26.9 Å². The second-order valence-corrected chi connectivity index (χ2v) is 8.97. The smallest absolute Gasteiger partial charge is 0.201 e. The third-order valence-corrected chi connectivity index (χ3v) is 6.73. The predicted octanol–water partition coefficient (Wildman–Crippen LogP) is 2.32. The minimum Gasteiger partial charge on any atom is -0.504 e. The minimum absolute atomic E-state index is 0.0304. The molecule has 0 radical (unpaired) electrons. The molecule has 2 aromatic rings. The summed E-state index contributed by atoms with van der Waals surface area (Å²) in [6.07, 6.45) is 1.44. The summed E-state index contributed by atoms with van der Waals surface area (Å²) in [5.74, 6) is -0.848. The lowest BCUT2D eigenvalue weighted by Crippen LogP contribution is -2.18. The molecular formula is C15H12Cl2N2O5S2. The zero-order valence-corrected chi connectivity index (χ0v) is 16.2. The van der Waals surface area contributed by atoms with Gasteiger partial charge in [-0.25, -0.2) is 21.6 Å². The van der Waals surface area contributed by atoms with Gasteiger partial charge in [0.05, 0.1) is 10.8 Å². The van der Waals surface area contributed by atoms with Gasteiger partial charge in [-0.1, -0.05) is 35.3 Å². The maximum Gasteiger partial charge on any atom is 0.201 e. The highest BCUT2D eigenvalue weighted by atomic mass is 35.5. The lowest BCUT2D eigenvalue weighted by atomic mass is 10.1. The van der Waals surface area contributed by atoms with Crippen LogP contribution in [0.5, 0.6) is 0 Å². The van der Waals surface area contributed by atoms with E-state index in [0.717, 1.165) is 0 Å². The molecule has 0 fully saturated rings. The standard InChI is InChI=1S/C15H12Cl2N2O5S2/c16-11-4-3-9(12(17)10(11)6-19-25(21)22)15-14(20)13-8(2-1-5-18-13)7-26(15,23)24/h1-5,20,25H,6-7H2,(H,19,21,22). The molecule has 0 saturated carbocycles. The summed E-state index contributed by atoms with van der Waals surface area (Å²) in [5, 5.41) is 10.6. The molecule has 11 heteroatoms. The van der Waals surface area contributed by atoms with Gasteiger partial charge >= 0.3 is 0 Å². The van der Waals surface area contributed by atoms with Crippen LogP contribution in [-0.2, 0) is 33.0 Å². The number of hydrogen-bond acceptors (Lipinski definition) is 6. The molecule has 1 aromatic carbocycles. The highest BCUT2D eigenvalue weighted by molar-refractivity contribution is 8.00. The summed E-state index contributed by atoms with van der Waals surface area (Å²) in [5.41, 5.74) is 0.768. The number of aliphatic hydroxyl groups excluding tert-OH is 1. The van der Waals surface area contributed by atoms with E-state index in [1.165, 1.54) is 18.3 Å². The molecule has 1 aromatic heterocycles. The monoisotopic (exact) mass is 434 g/mol. The van der Waals surface area contributed by atoms with E-state index >= 15 is 0 Å². The Balaban J connectivity index is 2.24. The van der Waals surface area contributed by atoms with Crippen molar-refractivity contribution in [2.24, 2.45) is 0 Å². The molecule has 0 unspecified atom stereocenters. The first-order chi connectivity index (χ1) is 12.2. The van der Waals surface area contributed by atoms with Crippen LogP contribution in [0.15, 0.2) is 30.5 Å². The van der Waals surface area contributed by atoms with Crippen molar-refractivity contribution in [2.45, 2.75) is 12.3 Å². The Morgan fingerprint density at radius 1 is 1.23 bits per heavy atom. The number of pyridine rings is 1. The molecule has 1 aliphatic rings. The Morgan fingerprint density at radius 2 is 1.96 bits per heavy atom. The van der Waals surface area contributed by atoms with Gasteiger partial charge in [-0.2, -0.15) is 0 Å². The molecule has 0 bridgehead atoms. The number of nitrogens with zero attached hydrogens (tertiary/aromatic N) is 1. The van der Waals surface area contributed by atoms with Crippen LogP contribution in [0.2, 0.25) is 10.0 Å². The number of sulfone groups is 1. The van der Waals surface area contributed by atoms with Crippen molar-refractivity contribution >= 4 is 54.6 Å². The van der Waals surface area contributed by atoms with Crippen LogP contribution in [0.4, 0.5) is 0 Å². The van der Waals surface area contributed by atoms with E-state index in [1.807, 2.05) is 0 Å². The predicted molar refractivity (Wildman–Crippen MR) is 99.9 cm³/mol. The molecule has 26 heavy (non-hydrogen) atoms. The molecular weight excluding hydrogens is 423 g/mol. The number of fused-ring (bicyclic) bond motifs is 1. The summed E-state index contributed by atoms with van der Waals surface area (Å²) < 4.78 is 49.1. The maximum atomic E-state index is 12.7. The molecule has 7 nitrogen and oxygen atoms in total. The van der Waals surface area contributed by atoms with Crippen LogP contribution < -0.4 is 4.72 Å². The van der Waals surface area contributed by atoms with Gasteiger partial charge in [0.1, 0.15) is 10.6 Å². The van der Waals surface area contributed by atoms with Crippen molar-refractivity contribution in [2.75, 3.05) is 0 Å². The third kappa shape index (κ3) is 3.45. The first-order valence-corrected chi connectivity index (χ1v) is 10.8. The fraction of sp³-hybridized carbons (Fsp3) is 0.133. The molecule has 3 rings (SSSR count). The molecule has 0 spiro atoms. The van der Waals surface area contributed by atoms with Crippen LogP contribution in [0.1, 0.15) is 22.4 Å². The number of thiol groups is 1. The van der Waals surface area contributed by atoms with Crippen molar-refractivity contribution in [3.63, 3.8) is 0 Å². The van der Waals surface area contributed by atoms with E-state index in [1.54, 1.807) is 12.1 Å². The number of hydrogen-bond donors (Lipinski definition) is 3. The molecule has 2 heterocycles. The van der Waals surface area contributed by atoms with Crippen molar-refractivity contribution in [1.82, 2.24) is 9.71 Å². The number of benzene rings is 1. The Bertz CT molecular complexity index is 1100. The summed E-state index contributed by atoms with van der Waals surface area (Å²) in [4.78, 5) is 3.67. The highest BCUT2D eigenvalue weighted by Gasteiger charge is 2.34. The lowest BCUT2D eigenvalue weighted by Gasteiger charge is -2.21. The van der Waals surface area contributed by atoms with E-state index in [4.69, 9.17) is 23.2 Å². The molecule has 0 saturated heterocycles. The first kappa shape index (κ1) is 19.1. The highest BCUT2D eigenvalue weighted by Crippen LogP contribution is 2.41. The molecule has 0 amide bonds. The van der Waals surface area contributed by atoms with Crippen LogP contribution >= 0.6 is 23.2 Å². The Kier molecular flexibility index (Phi) is 5.27. The number of rotatable bonds is 4. The van der Waals surface area contributed by atoms with Gasteiger partial charge in [-0.05, 0) is 17.7 Å². The van der Waals surface area contributed by atoms with Gasteiger partial charge in [0.25, 0.3) is 0 Å². The zero-order valence-electron chi connectivity index (χ0n) is 12.9. The summed E-state index contributed by atoms with van der Waals surface area (Å²) >= 11 is 12.3. The molecule has 0 aliphatic carbocycles. The van der Waals surface area contributed by atoms with Crippen LogP contribution in [0.25, 0.3) is 10.7 Å². The lowest BCUT2D eigenvalue weighted by molar-refractivity contribution is 0.508. The fourth-order valence-corrected chi connectivity index (χ4v) is 5.30. The second kappa shape index (κ2) is 7.16. The average Bonchev–Trinajstić information content (AvgIpc) is 2.55. The van der Waals surface area contributed by atoms with Crippen molar-refractivity contribution < 1.29 is 21.9 Å². The van der Waals surface area contributed by atoms with Gasteiger partial charge in [0.2, 0.25) is 10.9 Å². The van der Waals surface area contributed by atoms with E-state index in [2.05, 4.69) is 9.71 Å². The molecule has 1 aliphatic heterocycles. The summed E-state index contributed by atoms with van der Waals surface area (Å²) in [6.45, 7) is -0.215.